The molecule has 20 heavy (non-hydrogen) atoms. The van der Waals surface area contributed by atoms with Crippen molar-refractivity contribution < 1.29 is 27.6 Å². The number of rotatable bonds is 6. The molecule has 1 fully saturated rings. The lowest BCUT2D eigenvalue weighted by Crippen LogP contribution is -2.22. The van der Waals surface area contributed by atoms with Crippen molar-refractivity contribution in [2.45, 2.75) is 24.3 Å². The maximum Gasteiger partial charge on any atom is 0.306 e. The molecule has 0 aliphatic heterocycles. The Bertz CT molecular complexity index is 592. The van der Waals surface area contributed by atoms with Crippen LogP contribution >= 0.6 is 0 Å². The molecule has 1 saturated carbocycles. The predicted octanol–water partition coefficient (Wildman–Crippen LogP) is 0.782. The van der Waals surface area contributed by atoms with E-state index in [1.54, 1.807) is 12.1 Å². The van der Waals surface area contributed by atoms with Gasteiger partial charge in [-0.25, -0.2) is 0 Å². The molecule has 3 atom stereocenters. The van der Waals surface area contributed by atoms with Crippen molar-refractivity contribution in [3.63, 3.8) is 0 Å². The van der Waals surface area contributed by atoms with Crippen LogP contribution in [0.4, 0.5) is 0 Å². The zero-order valence-electron chi connectivity index (χ0n) is 10.9. The third-order valence-electron chi connectivity index (χ3n) is 3.35. The maximum absolute atomic E-state index is 11.9. The summed E-state index contributed by atoms with van der Waals surface area (Å²) < 4.78 is 28.5. The summed E-state index contributed by atoms with van der Waals surface area (Å²) in [6, 6.07) is 6.14. The Hall–Kier alpha value is -1.44. The fourth-order valence-corrected chi connectivity index (χ4v) is 2.90. The molecule has 1 aliphatic carbocycles. The summed E-state index contributed by atoms with van der Waals surface area (Å²) in [5.41, 5.74) is 0.922. The van der Waals surface area contributed by atoms with Crippen LogP contribution in [0.3, 0.4) is 0 Å². The molecule has 0 amide bonds. The monoisotopic (exact) mass is 300 g/mol. The number of carboxylic acids is 1. The van der Waals surface area contributed by atoms with E-state index in [-0.39, 0.29) is 4.90 Å². The van der Waals surface area contributed by atoms with Crippen molar-refractivity contribution >= 4 is 16.1 Å². The van der Waals surface area contributed by atoms with Crippen LogP contribution < -0.4 is 0 Å². The lowest BCUT2D eigenvalue weighted by atomic mass is 10.2. The second-order valence-electron chi connectivity index (χ2n) is 4.96. The lowest BCUT2D eigenvalue weighted by molar-refractivity contribution is -0.139. The smallest absolute Gasteiger partial charge is 0.306 e. The fourth-order valence-electron chi connectivity index (χ4n) is 1.98. The molecular formula is C13H16O6S. The first-order valence-electron chi connectivity index (χ1n) is 6.18. The Morgan fingerprint density at radius 3 is 2.50 bits per heavy atom. The van der Waals surface area contributed by atoms with Crippen LogP contribution in [-0.4, -0.2) is 37.3 Å². The molecular weight excluding hydrogens is 284 g/mol. The normalized spacial score (nSPS) is 23.3. The van der Waals surface area contributed by atoms with E-state index in [0.717, 1.165) is 5.56 Å². The largest absolute Gasteiger partial charge is 0.481 e. The molecule has 2 rings (SSSR count). The maximum atomic E-state index is 11.9. The van der Waals surface area contributed by atoms with E-state index in [0.29, 0.717) is 6.42 Å². The summed E-state index contributed by atoms with van der Waals surface area (Å²) in [7, 11) is -3.92. The summed E-state index contributed by atoms with van der Waals surface area (Å²) in [5.74, 6) is -2.01. The van der Waals surface area contributed by atoms with Gasteiger partial charge in [-0.2, -0.15) is 8.42 Å². The molecule has 1 aromatic rings. The van der Waals surface area contributed by atoms with E-state index >= 15 is 0 Å². The molecule has 1 aliphatic rings. The lowest BCUT2D eigenvalue weighted by Gasteiger charge is -2.10. The van der Waals surface area contributed by atoms with Gasteiger partial charge in [0.05, 0.1) is 23.5 Å². The van der Waals surface area contributed by atoms with Crippen LogP contribution in [0.2, 0.25) is 0 Å². The molecule has 0 heterocycles. The van der Waals surface area contributed by atoms with Gasteiger partial charge in [-0.3, -0.25) is 8.98 Å². The molecule has 0 radical (unpaired) electrons. The summed E-state index contributed by atoms with van der Waals surface area (Å²) >= 11 is 0. The quantitative estimate of drug-likeness (QED) is 0.753. The molecule has 2 N–H and O–H groups in total. The molecule has 110 valence electrons. The standard InChI is InChI=1S/C13H16O6S/c1-8-2-4-9(5-3-8)20(17,18)19-7-12(14)10-6-11(10)13(15)16/h2-5,10-12,14H,6-7H2,1H3,(H,15,16)/t10-,11-,12-/m1/s1. The highest BCUT2D eigenvalue weighted by Crippen LogP contribution is 2.41. The predicted molar refractivity (Wildman–Crippen MR) is 69.6 cm³/mol. The number of aliphatic carboxylic acids is 1. The highest BCUT2D eigenvalue weighted by atomic mass is 32.2. The van der Waals surface area contributed by atoms with Crippen molar-refractivity contribution in [2.24, 2.45) is 11.8 Å². The van der Waals surface area contributed by atoms with E-state index < -0.39 is 40.6 Å². The van der Waals surface area contributed by atoms with Gasteiger partial charge >= 0.3 is 5.97 Å². The molecule has 0 bridgehead atoms. The minimum absolute atomic E-state index is 0.0147. The van der Waals surface area contributed by atoms with E-state index in [9.17, 15) is 18.3 Å². The van der Waals surface area contributed by atoms with Crippen LogP contribution in [0, 0.1) is 18.8 Å². The fraction of sp³-hybridized carbons (Fsp3) is 0.462. The number of aliphatic hydroxyl groups is 1. The summed E-state index contributed by atoms with van der Waals surface area (Å²) in [6.45, 7) is 1.41. The average Bonchev–Trinajstić information content (AvgIpc) is 3.17. The summed E-state index contributed by atoms with van der Waals surface area (Å²) in [6.07, 6.45) is -0.735. The second-order valence-corrected chi connectivity index (χ2v) is 6.58. The highest BCUT2D eigenvalue weighted by Gasteiger charge is 2.47. The summed E-state index contributed by atoms with van der Waals surface area (Å²) in [5, 5.41) is 18.4. The van der Waals surface area contributed by atoms with Gasteiger partial charge in [0, 0.05) is 5.92 Å². The number of aliphatic hydroxyl groups excluding tert-OH is 1. The molecule has 0 aromatic heterocycles. The van der Waals surface area contributed by atoms with Crippen molar-refractivity contribution in [2.75, 3.05) is 6.61 Å². The van der Waals surface area contributed by atoms with Gasteiger partial charge in [-0.05, 0) is 25.5 Å². The van der Waals surface area contributed by atoms with Crippen molar-refractivity contribution in [1.82, 2.24) is 0 Å². The van der Waals surface area contributed by atoms with Gasteiger partial charge in [-0.15, -0.1) is 0 Å². The number of hydrogen-bond acceptors (Lipinski definition) is 5. The van der Waals surface area contributed by atoms with Crippen LogP contribution in [0.15, 0.2) is 29.2 Å². The SMILES string of the molecule is Cc1ccc(S(=O)(=O)OC[C@@H](O)[C@@H]2C[C@H]2C(=O)O)cc1. The third kappa shape index (κ3) is 3.36. The Morgan fingerprint density at radius 2 is 2.00 bits per heavy atom. The van der Waals surface area contributed by atoms with E-state index in [1.807, 2.05) is 6.92 Å². The van der Waals surface area contributed by atoms with Crippen molar-refractivity contribution in [1.29, 1.82) is 0 Å². The number of hydrogen-bond donors (Lipinski definition) is 2. The molecule has 6 nitrogen and oxygen atoms in total. The van der Waals surface area contributed by atoms with E-state index in [1.165, 1.54) is 12.1 Å². The minimum Gasteiger partial charge on any atom is -0.481 e. The first-order chi connectivity index (χ1) is 9.31. The molecule has 7 heteroatoms. The molecule has 0 unspecified atom stereocenters. The Kier molecular flexibility index (Phi) is 4.12. The number of carbonyl (C=O) groups is 1. The van der Waals surface area contributed by atoms with E-state index in [4.69, 9.17) is 9.29 Å². The van der Waals surface area contributed by atoms with Gasteiger partial charge in [0.2, 0.25) is 0 Å². The Labute approximate surface area is 117 Å². The highest BCUT2D eigenvalue weighted by molar-refractivity contribution is 7.86. The van der Waals surface area contributed by atoms with Crippen molar-refractivity contribution in [3.05, 3.63) is 29.8 Å². The minimum atomic E-state index is -3.92. The Balaban J connectivity index is 1.93. The zero-order chi connectivity index (χ0) is 14.9. The molecule has 1 aromatic carbocycles. The first-order valence-corrected chi connectivity index (χ1v) is 7.59. The topological polar surface area (TPSA) is 101 Å². The van der Waals surface area contributed by atoms with Crippen LogP contribution in [-0.2, 0) is 19.1 Å². The first kappa shape index (κ1) is 15.0. The van der Waals surface area contributed by atoms with Gasteiger partial charge < -0.3 is 10.2 Å². The number of aryl methyl sites for hydroxylation is 1. The second kappa shape index (κ2) is 5.51. The molecule has 0 spiro atoms. The van der Waals surface area contributed by atoms with Crippen LogP contribution in [0.5, 0.6) is 0 Å². The third-order valence-corrected chi connectivity index (χ3v) is 4.65. The van der Waals surface area contributed by atoms with Crippen molar-refractivity contribution in [3.8, 4) is 0 Å². The van der Waals surface area contributed by atoms with Gasteiger partial charge in [0.15, 0.2) is 0 Å². The summed E-state index contributed by atoms with van der Waals surface area (Å²) in [4.78, 5) is 10.7. The molecule has 0 saturated heterocycles. The van der Waals surface area contributed by atoms with Crippen LogP contribution in [0.25, 0.3) is 0 Å². The van der Waals surface area contributed by atoms with Crippen LogP contribution in [0.1, 0.15) is 12.0 Å². The van der Waals surface area contributed by atoms with Gasteiger partial charge in [-0.1, -0.05) is 17.7 Å². The van der Waals surface area contributed by atoms with Gasteiger partial charge in [0.25, 0.3) is 10.1 Å². The zero-order valence-corrected chi connectivity index (χ0v) is 11.7. The van der Waals surface area contributed by atoms with Gasteiger partial charge in [0.1, 0.15) is 0 Å². The Morgan fingerprint density at radius 1 is 1.40 bits per heavy atom. The van der Waals surface area contributed by atoms with E-state index in [2.05, 4.69) is 0 Å². The average molecular weight is 300 g/mol. The number of benzene rings is 1. The number of carboxylic acid groups (broad SMARTS) is 1.